The van der Waals surface area contributed by atoms with Gasteiger partial charge in [-0.1, -0.05) is 12.1 Å². The molecule has 5 nitrogen and oxygen atoms in total. The van der Waals surface area contributed by atoms with Crippen LogP contribution in [0.1, 0.15) is 11.6 Å². The first-order valence-electron chi connectivity index (χ1n) is 5.55. The fraction of sp³-hybridized carbons (Fsp3) is 0.250. The van der Waals surface area contributed by atoms with Gasteiger partial charge in [0.25, 0.3) is 0 Å². The monoisotopic (exact) mass is 298 g/mol. The number of anilines is 1. The number of methoxy groups -OCH3 is 1. The van der Waals surface area contributed by atoms with Crippen molar-refractivity contribution in [3.63, 3.8) is 0 Å². The molecule has 0 saturated carbocycles. The van der Waals surface area contributed by atoms with E-state index in [1.54, 1.807) is 13.2 Å². The predicted octanol–water partition coefficient (Wildman–Crippen LogP) is 2.82. The number of aromatic nitrogens is 3. The van der Waals surface area contributed by atoms with Crippen molar-refractivity contribution in [1.29, 1.82) is 0 Å². The van der Waals surface area contributed by atoms with Crippen molar-refractivity contribution in [3.8, 4) is 5.75 Å². The van der Waals surface area contributed by atoms with Crippen LogP contribution in [0.5, 0.6) is 5.75 Å². The summed E-state index contributed by atoms with van der Waals surface area (Å²) in [6.45, 7) is 0. The number of hydrogen-bond acceptors (Lipinski definition) is 5. The molecule has 0 spiro atoms. The van der Waals surface area contributed by atoms with E-state index in [1.165, 1.54) is 10.6 Å². The summed E-state index contributed by atoms with van der Waals surface area (Å²) in [7, 11) is 1.61. The lowest BCUT2D eigenvalue weighted by atomic mass is 10.1. The highest BCUT2D eigenvalue weighted by molar-refractivity contribution is 6.27. The Morgan fingerprint density at radius 1 is 1.37 bits per heavy atom. The summed E-state index contributed by atoms with van der Waals surface area (Å²) >= 11 is 12.3. The van der Waals surface area contributed by atoms with E-state index in [9.17, 15) is 0 Å². The third kappa shape index (κ3) is 3.24. The predicted molar refractivity (Wildman–Crippen MR) is 74.6 cm³/mol. The van der Waals surface area contributed by atoms with Crippen LogP contribution in [0.25, 0.3) is 0 Å². The third-order valence-corrected chi connectivity index (χ3v) is 3.31. The van der Waals surface area contributed by atoms with Crippen molar-refractivity contribution in [2.75, 3.05) is 17.4 Å². The second kappa shape index (κ2) is 6.54. The van der Waals surface area contributed by atoms with Crippen molar-refractivity contribution >= 4 is 29.2 Å². The molecule has 0 unspecified atom stereocenters. The molecule has 7 heteroatoms. The van der Waals surface area contributed by atoms with Crippen LogP contribution in [0.2, 0.25) is 0 Å². The summed E-state index contributed by atoms with van der Waals surface area (Å²) in [5.74, 6) is 1.55. The number of hydrogen-bond donors (Lipinski definition) is 0. The molecule has 1 aromatic carbocycles. The molecule has 0 saturated heterocycles. The number of nitrogens with zero attached hydrogens (tertiary/aromatic N) is 4. The van der Waals surface area contributed by atoms with Gasteiger partial charge in [-0.2, -0.15) is 0 Å². The second-order valence-electron chi connectivity index (χ2n) is 3.74. The van der Waals surface area contributed by atoms with Gasteiger partial charge in [0.15, 0.2) is 5.82 Å². The highest BCUT2D eigenvalue weighted by atomic mass is 35.5. The molecule has 2 aromatic rings. The van der Waals surface area contributed by atoms with Gasteiger partial charge in [-0.05, 0) is 22.9 Å². The van der Waals surface area contributed by atoms with E-state index < -0.39 is 0 Å². The molecule has 0 aliphatic carbocycles. The number of alkyl halides is 1. The smallest absolute Gasteiger partial charge is 0.169 e. The van der Waals surface area contributed by atoms with Crippen LogP contribution in [-0.2, 0) is 0 Å². The van der Waals surface area contributed by atoms with Crippen molar-refractivity contribution in [2.24, 2.45) is 0 Å². The van der Waals surface area contributed by atoms with Crippen molar-refractivity contribution in [3.05, 3.63) is 42.1 Å². The molecule has 19 heavy (non-hydrogen) atoms. The Morgan fingerprint density at radius 3 is 2.84 bits per heavy atom. The van der Waals surface area contributed by atoms with Crippen LogP contribution in [-0.4, -0.2) is 28.4 Å². The first-order chi connectivity index (χ1) is 9.26. The number of rotatable bonds is 5. The van der Waals surface area contributed by atoms with Gasteiger partial charge in [0.05, 0.1) is 19.3 Å². The summed E-state index contributed by atoms with van der Waals surface area (Å²) in [6, 6.07) is 8.99. The summed E-state index contributed by atoms with van der Waals surface area (Å²) in [5, 5.41) is 11.0. The Morgan fingerprint density at radius 2 is 2.21 bits per heavy atom. The maximum atomic E-state index is 6.28. The Kier molecular flexibility index (Phi) is 4.76. The maximum Gasteiger partial charge on any atom is 0.169 e. The summed E-state index contributed by atoms with van der Waals surface area (Å²) in [6.07, 6.45) is 1.52. The molecule has 0 amide bonds. The first kappa shape index (κ1) is 13.8. The maximum absolute atomic E-state index is 6.28. The third-order valence-electron chi connectivity index (χ3n) is 2.61. The molecule has 1 atom stereocenters. The molecule has 0 fully saturated rings. The largest absolute Gasteiger partial charge is 0.497 e. The zero-order valence-electron chi connectivity index (χ0n) is 10.2. The lowest BCUT2D eigenvalue weighted by molar-refractivity contribution is 0.414. The normalized spacial score (nSPS) is 11.9. The topological polar surface area (TPSA) is 51.1 Å². The van der Waals surface area contributed by atoms with Crippen LogP contribution in [0.4, 0.5) is 5.82 Å². The fourth-order valence-corrected chi connectivity index (χ4v) is 2.30. The van der Waals surface area contributed by atoms with Crippen molar-refractivity contribution in [2.45, 2.75) is 6.04 Å². The molecule has 100 valence electrons. The van der Waals surface area contributed by atoms with Crippen LogP contribution < -0.4 is 9.16 Å². The molecule has 2 rings (SSSR count). The number of halogens is 2. The van der Waals surface area contributed by atoms with E-state index >= 15 is 0 Å². The average molecular weight is 299 g/mol. The molecular formula is C12H12Cl2N4O. The minimum atomic E-state index is -0.241. The summed E-state index contributed by atoms with van der Waals surface area (Å²) in [4.78, 5) is 0. The standard InChI is InChI=1S/C12H12Cl2N4O/c1-19-10-4-2-3-9(7-10)11(8-13)18(14)12-5-6-15-17-16-12/h2-7,11H,8H2,1H3/t11-/m0/s1. The minimum Gasteiger partial charge on any atom is -0.497 e. The van der Waals surface area contributed by atoms with E-state index in [2.05, 4.69) is 15.4 Å². The lowest BCUT2D eigenvalue weighted by Crippen LogP contribution is -2.21. The molecule has 0 aliphatic heterocycles. The lowest BCUT2D eigenvalue weighted by Gasteiger charge is -2.24. The SMILES string of the molecule is COc1cccc([C@H](CCl)N(Cl)c2ccnnn2)c1. The van der Waals surface area contributed by atoms with Crippen LogP contribution in [0.3, 0.4) is 0 Å². The zero-order valence-corrected chi connectivity index (χ0v) is 11.7. The van der Waals surface area contributed by atoms with E-state index in [-0.39, 0.29) is 6.04 Å². The zero-order chi connectivity index (χ0) is 13.7. The average Bonchev–Trinajstić information content (AvgIpc) is 2.49. The Bertz CT molecular complexity index is 526. The quantitative estimate of drug-likeness (QED) is 0.627. The Hall–Kier alpha value is -1.59. The van der Waals surface area contributed by atoms with Crippen molar-refractivity contribution < 1.29 is 4.74 Å². The highest BCUT2D eigenvalue weighted by Crippen LogP contribution is 2.30. The van der Waals surface area contributed by atoms with Crippen LogP contribution in [0.15, 0.2) is 36.5 Å². The fourth-order valence-electron chi connectivity index (χ4n) is 1.64. The molecule has 0 N–H and O–H groups in total. The molecular weight excluding hydrogens is 287 g/mol. The Balaban J connectivity index is 2.28. The van der Waals surface area contributed by atoms with E-state index in [1.807, 2.05) is 24.3 Å². The van der Waals surface area contributed by atoms with Gasteiger partial charge in [0, 0.05) is 23.7 Å². The van der Waals surface area contributed by atoms with Crippen LogP contribution in [0, 0.1) is 0 Å². The molecule has 1 aromatic heterocycles. The van der Waals surface area contributed by atoms with E-state index in [4.69, 9.17) is 28.1 Å². The molecule has 0 bridgehead atoms. The van der Waals surface area contributed by atoms with Gasteiger partial charge in [0.2, 0.25) is 0 Å². The number of ether oxygens (including phenoxy) is 1. The van der Waals surface area contributed by atoms with Gasteiger partial charge in [-0.25, -0.2) is 0 Å². The van der Waals surface area contributed by atoms with Gasteiger partial charge < -0.3 is 4.74 Å². The summed E-state index contributed by atoms with van der Waals surface area (Å²) < 4.78 is 6.63. The van der Waals surface area contributed by atoms with Crippen LogP contribution >= 0.6 is 23.4 Å². The Labute approximate surface area is 121 Å². The van der Waals surface area contributed by atoms with E-state index in [0.717, 1.165) is 11.3 Å². The second-order valence-corrected chi connectivity index (χ2v) is 4.41. The van der Waals surface area contributed by atoms with Crippen molar-refractivity contribution in [1.82, 2.24) is 15.4 Å². The molecule has 0 aliphatic rings. The van der Waals surface area contributed by atoms with Gasteiger partial charge in [0.1, 0.15) is 5.75 Å². The van der Waals surface area contributed by atoms with Gasteiger partial charge in [-0.3, -0.25) is 4.42 Å². The molecule has 1 heterocycles. The number of benzene rings is 1. The van der Waals surface area contributed by atoms with Gasteiger partial charge in [-0.15, -0.1) is 21.8 Å². The molecule has 0 radical (unpaired) electrons. The minimum absolute atomic E-state index is 0.241. The summed E-state index contributed by atoms with van der Waals surface area (Å²) in [5.41, 5.74) is 0.933. The first-order valence-corrected chi connectivity index (χ1v) is 6.43. The van der Waals surface area contributed by atoms with E-state index in [0.29, 0.717) is 11.7 Å². The van der Waals surface area contributed by atoms with Gasteiger partial charge >= 0.3 is 0 Å². The highest BCUT2D eigenvalue weighted by Gasteiger charge is 2.20.